The lowest BCUT2D eigenvalue weighted by Gasteiger charge is -2.17. The van der Waals surface area contributed by atoms with Gasteiger partial charge in [0.2, 0.25) is 0 Å². The lowest BCUT2D eigenvalue weighted by molar-refractivity contribution is -0.996. The number of quaternary nitrogens is 2. The number of ether oxygens (including phenoxy) is 1. The molecule has 5 N–H and O–H groups in total. The zero-order valence-electron chi connectivity index (χ0n) is 9.58. The maximum absolute atomic E-state index is 11.0. The Morgan fingerprint density at radius 3 is 2.67 bits per heavy atom. The van der Waals surface area contributed by atoms with Crippen LogP contribution in [0.3, 0.4) is 0 Å². The molecule has 0 bridgehead atoms. The largest absolute Gasteiger partial charge is 0.595 e. The zero-order valence-corrected chi connectivity index (χ0v) is 9.58. The van der Waals surface area contributed by atoms with E-state index in [1.54, 1.807) is 6.92 Å². The molecule has 0 saturated heterocycles. The van der Waals surface area contributed by atoms with E-state index in [1.165, 1.54) is 12.1 Å². The minimum atomic E-state index is -1.24. The molecule has 2 unspecified atom stereocenters. The second-order valence-electron chi connectivity index (χ2n) is 3.17. The highest BCUT2D eigenvalue weighted by molar-refractivity contribution is 5.65. The third-order valence-electron chi connectivity index (χ3n) is 1.98. The van der Waals surface area contributed by atoms with Crippen molar-refractivity contribution in [3.05, 3.63) is 28.6 Å². The lowest BCUT2D eigenvalue weighted by atomic mass is 10.2. The van der Waals surface area contributed by atoms with Crippen molar-refractivity contribution < 1.29 is 25.6 Å². The number of hydrogen-bond donors (Lipinski definition) is 5. The van der Waals surface area contributed by atoms with E-state index < -0.39 is 10.5 Å². The van der Waals surface area contributed by atoms with E-state index in [1.807, 2.05) is 0 Å². The van der Waals surface area contributed by atoms with Crippen LogP contribution in [-0.2, 0) is 4.74 Å². The molecule has 9 nitrogen and oxygen atoms in total. The molecule has 0 saturated carbocycles. The first-order valence-electron chi connectivity index (χ1n) is 5.06. The van der Waals surface area contributed by atoms with Gasteiger partial charge in [0, 0.05) is 6.07 Å². The summed E-state index contributed by atoms with van der Waals surface area (Å²) in [6.45, 7) is 2.21. The summed E-state index contributed by atoms with van der Waals surface area (Å²) in [5, 5.41) is 40.6. The summed E-state index contributed by atoms with van der Waals surface area (Å²) >= 11 is 0. The molecular weight excluding hydrogens is 244 g/mol. The molecule has 0 heterocycles. The van der Waals surface area contributed by atoms with Crippen LogP contribution in [0.5, 0.6) is 0 Å². The third-order valence-corrected chi connectivity index (χ3v) is 1.98. The minimum Gasteiger partial charge on any atom is -0.595 e. The van der Waals surface area contributed by atoms with Crippen molar-refractivity contribution in [2.24, 2.45) is 5.10 Å². The summed E-state index contributed by atoms with van der Waals surface area (Å²) in [6, 6.07) is 3.67. The molecule has 18 heavy (non-hydrogen) atoms. The average Bonchev–Trinajstić information content (AvgIpc) is 2.34. The van der Waals surface area contributed by atoms with Crippen molar-refractivity contribution >= 4 is 23.5 Å². The summed E-state index contributed by atoms with van der Waals surface area (Å²) < 4.78 is 4.82. The fourth-order valence-corrected chi connectivity index (χ4v) is 1.16. The summed E-state index contributed by atoms with van der Waals surface area (Å²) in [5.41, 5.74) is 2.37. The molecule has 2 atom stereocenters. The second kappa shape index (κ2) is 6.86. The van der Waals surface area contributed by atoms with Crippen LogP contribution in [-0.4, -0.2) is 23.4 Å². The molecule has 0 aliphatic carbocycles. The molecule has 0 spiro atoms. The number of hydrazone groups is 1. The Balaban J connectivity index is 2.90. The van der Waals surface area contributed by atoms with Crippen LogP contribution in [0, 0.1) is 10.4 Å². The maximum Gasteiger partial charge on any atom is 0.195 e. The van der Waals surface area contributed by atoms with Gasteiger partial charge in [0.1, 0.15) is 5.69 Å². The Labute approximate surface area is 103 Å². The predicted molar refractivity (Wildman–Crippen MR) is 61.7 cm³/mol. The Morgan fingerprint density at radius 1 is 1.39 bits per heavy atom. The van der Waals surface area contributed by atoms with Crippen LogP contribution >= 0.6 is 0 Å². The maximum atomic E-state index is 11.0. The van der Waals surface area contributed by atoms with Crippen molar-refractivity contribution in [3.8, 4) is 0 Å². The van der Waals surface area contributed by atoms with Gasteiger partial charge in [-0.25, -0.2) is 10.4 Å². The van der Waals surface area contributed by atoms with E-state index in [-0.39, 0.29) is 17.1 Å². The van der Waals surface area contributed by atoms with Crippen molar-refractivity contribution in [1.29, 1.82) is 0 Å². The van der Waals surface area contributed by atoms with Crippen LogP contribution in [0.2, 0.25) is 0 Å². The van der Waals surface area contributed by atoms with Gasteiger partial charge in [-0.1, -0.05) is 0 Å². The van der Waals surface area contributed by atoms with Crippen molar-refractivity contribution in [2.45, 2.75) is 6.92 Å². The topological polar surface area (TPSA) is 129 Å². The van der Waals surface area contributed by atoms with Crippen LogP contribution in [0.4, 0.5) is 17.1 Å². The molecule has 0 aliphatic heterocycles. The molecule has 0 amide bonds. The van der Waals surface area contributed by atoms with Gasteiger partial charge in [0.15, 0.2) is 17.8 Å². The SMILES string of the molecule is CCOC=NNc1ccc([NH+]([O-])O)cc1[NH+]([O-])O. The summed E-state index contributed by atoms with van der Waals surface area (Å²) in [5.74, 6) is 0. The highest BCUT2D eigenvalue weighted by atomic mass is 16.8. The molecule has 0 radical (unpaired) electrons. The Morgan fingerprint density at radius 2 is 2.11 bits per heavy atom. The highest BCUT2D eigenvalue weighted by Crippen LogP contribution is 2.20. The van der Waals surface area contributed by atoms with Gasteiger partial charge in [-0.2, -0.15) is 10.5 Å². The number of nitrogens with one attached hydrogen (secondary N) is 3. The van der Waals surface area contributed by atoms with Crippen LogP contribution in [0.1, 0.15) is 6.92 Å². The smallest absolute Gasteiger partial charge is 0.195 e. The fourth-order valence-electron chi connectivity index (χ4n) is 1.16. The van der Waals surface area contributed by atoms with E-state index in [0.717, 1.165) is 12.5 Å². The number of rotatable bonds is 6. The molecule has 0 fully saturated rings. The summed E-state index contributed by atoms with van der Waals surface area (Å²) in [6.07, 6.45) is 1.14. The van der Waals surface area contributed by atoms with Gasteiger partial charge in [0.25, 0.3) is 0 Å². The summed E-state index contributed by atoms with van der Waals surface area (Å²) in [4.78, 5) is 0. The first kappa shape index (κ1) is 14.3. The van der Waals surface area contributed by atoms with Gasteiger partial charge < -0.3 is 15.2 Å². The van der Waals surface area contributed by atoms with Gasteiger partial charge in [-0.3, -0.25) is 5.43 Å². The lowest BCUT2D eigenvalue weighted by Crippen LogP contribution is -3.00. The molecule has 1 aromatic rings. The fraction of sp³-hybridized carbons (Fsp3) is 0.222. The normalized spacial score (nSPS) is 14.5. The highest BCUT2D eigenvalue weighted by Gasteiger charge is 2.13. The number of nitrogens with zero attached hydrogens (tertiary/aromatic N) is 1. The van der Waals surface area contributed by atoms with Crippen LogP contribution < -0.4 is 15.9 Å². The van der Waals surface area contributed by atoms with E-state index in [9.17, 15) is 10.4 Å². The quantitative estimate of drug-likeness (QED) is 0.250. The molecule has 100 valence electrons. The first-order chi connectivity index (χ1) is 8.56. The van der Waals surface area contributed by atoms with Gasteiger partial charge in [-0.15, -0.1) is 5.10 Å². The first-order valence-corrected chi connectivity index (χ1v) is 5.06. The van der Waals surface area contributed by atoms with E-state index in [2.05, 4.69) is 10.5 Å². The van der Waals surface area contributed by atoms with Crippen molar-refractivity contribution in [2.75, 3.05) is 12.0 Å². The van der Waals surface area contributed by atoms with Crippen LogP contribution in [0.15, 0.2) is 23.3 Å². The third kappa shape index (κ3) is 3.92. The molecular formula is C9H14N4O5. The Kier molecular flexibility index (Phi) is 5.45. The molecule has 0 aromatic heterocycles. The monoisotopic (exact) mass is 258 g/mol. The number of hydrogen-bond acceptors (Lipinski definition) is 7. The van der Waals surface area contributed by atoms with Gasteiger partial charge >= 0.3 is 0 Å². The standard InChI is InChI=1S/C9H14N4O5/c1-2-18-6-10-11-8-4-3-7(12(14)15)5-9(8)13(16)17/h3-6,11-14,16H,2H2,1H3. The average molecular weight is 258 g/mol. The number of anilines is 1. The molecule has 1 aromatic carbocycles. The second-order valence-corrected chi connectivity index (χ2v) is 3.17. The molecule has 0 aliphatic rings. The zero-order chi connectivity index (χ0) is 13.5. The van der Waals surface area contributed by atoms with Crippen molar-refractivity contribution in [3.63, 3.8) is 0 Å². The molecule has 1 rings (SSSR count). The van der Waals surface area contributed by atoms with E-state index in [4.69, 9.17) is 15.2 Å². The van der Waals surface area contributed by atoms with Gasteiger partial charge in [0.05, 0.1) is 12.7 Å². The summed E-state index contributed by atoms with van der Waals surface area (Å²) in [7, 11) is 0. The Hall–Kier alpha value is -1.75. The van der Waals surface area contributed by atoms with Crippen LogP contribution in [0.25, 0.3) is 0 Å². The van der Waals surface area contributed by atoms with E-state index >= 15 is 0 Å². The predicted octanol–water partition coefficient (Wildman–Crippen LogP) is -1.11. The molecule has 9 heteroatoms. The van der Waals surface area contributed by atoms with Crippen molar-refractivity contribution in [1.82, 2.24) is 0 Å². The minimum absolute atomic E-state index is 0.105. The number of benzene rings is 1. The van der Waals surface area contributed by atoms with Gasteiger partial charge in [-0.05, 0) is 13.0 Å². The Bertz CT molecular complexity index is 410. The van der Waals surface area contributed by atoms with E-state index in [0.29, 0.717) is 6.61 Å².